The minimum absolute atomic E-state index is 0.351. The summed E-state index contributed by atoms with van der Waals surface area (Å²) in [6, 6.07) is 19.4. The second kappa shape index (κ2) is 7.17. The topological polar surface area (TPSA) is 42.2 Å². The Kier molecular flexibility index (Phi) is 4.70. The third-order valence-electron chi connectivity index (χ3n) is 4.81. The third-order valence-corrected chi connectivity index (χ3v) is 5.06. The van der Waals surface area contributed by atoms with E-state index in [0.717, 1.165) is 27.9 Å². The lowest BCUT2D eigenvalue weighted by molar-refractivity contribution is 0.562. The summed E-state index contributed by atoms with van der Waals surface area (Å²) < 4.78 is 5.66. The predicted molar refractivity (Wildman–Crippen MR) is 117 cm³/mol. The van der Waals surface area contributed by atoms with Crippen LogP contribution < -0.4 is 10.9 Å². The lowest BCUT2D eigenvalue weighted by atomic mass is 9.99. The molecule has 140 valence electrons. The zero-order valence-corrected chi connectivity index (χ0v) is 16.7. The van der Waals surface area contributed by atoms with E-state index in [2.05, 4.69) is 37.4 Å². The standard InChI is InChI=1S/C24H20ClNO2/c1-14-10-15(2)12-20(11-14)26-19-8-9-21-16(3)23(24(27)28-22(21)13-19)17-4-6-18(25)7-5-17/h4-13,26H,1-3H3. The van der Waals surface area contributed by atoms with Gasteiger partial charge in [0, 0.05) is 27.8 Å². The van der Waals surface area contributed by atoms with E-state index in [1.807, 2.05) is 37.3 Å². The Morgan fingerprint density at radius 1 is 0.821 bits per heavy atom. The number of hydrogen-bond donors (Lipinski definition) is 1. The molecule has 0 aliphatic carbocycles. The van der Waals surface area contributed by atoms with Crippen LogP contribution in [0.15, 0.2) is 69.9 Å². The first-order valence-corrected chi connectivity index (χ1v) is 9.47. The molecule has 28 heavy (non-hydrogen) atoms. The maximum atomic E-state index is 12.7. The van der Waals surface area contributed by atoms with Gasteiger partial charge in [-0.25, -0.2) is 4.79 Å². The molecule has 3 aromatic carbocycles. The van der Waals surface area contributed by atoms with Gasteiger partial charge in [-0.15, -0.1) is 0 Å². The average molecular weight is 390 g/mol. The summed E-state index contributed by atoms with van der Waals surface area (Å²) in [5, 5.41) is 4.94. The summed E-state index contributed by atoms with van der Waals surface area (Å²) in [6.07, 6.45) is 0. The van der Waals surface area contributed by atoms with E-state index < -0.39 is 0 Å². The number of nitrogens with one attached hydrogen (secondary N) is 1. The predicted octanol–water partition coefficient (Wildman–Crippen LogP) is 6.78. The normalized spacial score (nSPS) is 11.0. The molecule has 4 heteroatoms. The van der Waals surface area contributed by atoms with Crippen molar-refractivity contribution in [2.75, 3.05) is 5.32 Å². The van der Waals surface area contributed by atoms with E-state index in [4.69, 9.17) is 16.0 Å². The number of hydrogen-bond acceptors (Lipinski definition) is 3. The zero-order chi connectivity index (χ0) is 19.8. The van der Waals surface area contributed by atoms with E-state index in [1.165, 1.54) is 11.1 Å². The quantitative estimate of drug-likeness (QED) is 0.392. The van der Waals surface area contributed by atoms with E-state index in [9.17, 15) is 4.79 Å². The van der Waals surface area contributed by atoms with Crippen LogP contribution in [0, 0.1) is 20.8 Å². The highest BCUT2D eigenvalue weighted by Crippen LogP contribution is 2.30. The van der Waals surface area contributed by atoms with Crippen molar-refractivity contribution in [3.63, 3.8) is 0 Å². The highest BCUT2D eigenvalue weighted by molar-refractivity contribution is 6.30. The third kappa shape index (κ3) is 3.54. The van der Waals surface area contributed by atoms with Gasteiger partial charge in [-0.05, 0) is 79.4 Å². The van der Waals surface area contributed by atoms with Crippen LogP contribution in [-0.4, -0.2) is 0 Å². The van der Waals surface area contributed by atoms with Crippen molar-refractivity contribution in [1.29, 1.82) is 0 Å². The van der Waals surface area contributed by atoms with Gasteiger partial charge in [-0.1, -0.05) is 29.8 Å². The second-order valence-electron chi connectivity index (χ2n) is 7.11. The van der Waals surface area contributed by atoms with Crippen molar-refractivity contribution in [1.82, 2.24) is 0 Å². The Balaban J connectivity index is 1.78. The van der Waals surface area contributed by atoms with Gasteiger partial charge in [0.15, 0.2) is 0 Å². The molecule has 3 nitrogen and oxygen atoms in total. The summed E-state index contributed by atoms with van der Waals surface area (Å²) in [5.41, 5.74) is 6.75. The Morgan fingerprint density at radius 3 is 2.18 bits per heavy atom. The number of halogens is 1. The fraction of sp³-hybridized carbons (Fsp3) is 0.125. The van der Waals surface area contributed by atoms with Crippen LogP contribution in [0.3, 0.4) is 0 Å². The van der Waals surface area contributed by atoms with Crippen LogP contribution in [0.2, 0.25) is 5.02 Å². The average Bonchev–Trinajstić information content (AvgIpc) is 2.62. The summed E-state index contributed by atoms with van der Waals surface area (Å²) >= 11 is 5.97. The first-order chi connectivity index (χ1) is 13.4. The summed E-state index contributed by atoms with van der Waals surface area (Å²) in [5.74, 6) is 0. The molecule has 0 bridgehead atoms. The smallest absolute Gasteiger partial charge is 0.344 e. The van der Waals surface area contributed by atoms with Crippen molar-refractivity contribution < 1.29 is 4.42 Å². The number of anilines is 2. The second-order valence-corrected chi connectivity index (χ2v) is 7.55. The largest absolute Gasteiger partial charge is 0.422 e. The fourth-order valence-electron chi connectivity index (χ4n) is 3.60. The molecule has 0 saturated carbocycles. The minimum atomic E-state index is -0.351. The van der Waals surface area contributed by atoms with E-state index in [1.54, 1.807) is 12.1 Å². The molecule has 1 N–H and O–H groups in total. The van der Waals surface area contributed by atoms with Crippen LogP contribution in [0.5, 0.6) is 0 Å². The van der Waals surface area contributed by atoms with Crippen LogP contribution in [0.25, 0.3) is 22.1 Å². The lowest BCUT2D eigenvalue weighted by Crippen LogP contribution is -2.06. The molecule has 0 atom stereocenters. The van der Waals surface area contributed by atoms with Gasteiger partial charge in [0.1, 0.15) is 5.58 Å². The van der Waals surface area contributed by atoms with Gasteiger partial charge in [0.05, 0.1) is 5.56 Å². The summed E-state index contributed by atoms with van der Waals surface area (Å²) in [6.45, 7) is 6.08. The minimum Gasteiger partial charge on any atom is -0.422 e. The Labute approximate surface area is 168 Å². The summed E-state index contributed by atoms with van der Waals surface area (Å²) in [4.78, 5) is 12.7. The van der Waals surface area contributed by atoms with Gasteiger partial charge in [0.25, 0.3) is 0 Å². The molecular weight excluding hydrogens is 370 g/mol. The maximum Gasteiger partial charge on any atom is 0.344 e. The molecular formula is C24H20ClNO2. The van der Waals surface area contributed by atoms with Gasteiger partial charge in [-0.3, -0.25) is 0 Å². The number of fused-ring (bicyclic) bond motifs is 1. The monoisotopic (exact) mass is 389 g/mol. The zero-order valence-electron chi connectivity index (χ0n) is 16.0. The molecule has 0 aliphatic heterocycles. The van der Waals surface area contributed by atoms with Gasteiger partial charge in [-0.2, -0.15) is 0 Å². The summed E-state index contributed by atoms with van der Waals surface area (Å²) in [7, 11) is 0. The van der Waals surface area contributed by atoms with Crippen LogP contribution in [0.4, 0.5) is 11.4 Å². The molecule has 4 rings (SSSR count). The van der Waals surface area contributed by atoms with Crippen LogP contribution in [-0.2, 0) is 0 Å². The molecule has 1 heterocycles. The van der Waals surface area contributed by atoms with E-state index in [-0.39, 0.29) is 5.63 Å². The van der Waals surface area contributed by atoms with Crippen LogP contribution in [0.1, 0.15) is 16.7 Å². The number of rotatable bonds is 3. The Bertz CT molecular complexity index is 1220. The van der Waals surface area contributed by atoms with Crippen LogP contribution >= 0.6 is 11.6 Å². The Hall–Kier alpha value is -3.04. The van der Waals surface area contributed by atoms with Crippen molar-refractivity contribution in [3.05, 3.63) is 92.8 Å². The molecule has 0 radical (unpaired) electrons. The Morgan fingerprint density at radius 2 is 1.50 bits per heavy atom. The molecule has 1 aromatic heterocycles. The maximum absolute atomic E-state index is 12.7. The number of benzene rings is 3. The highest BCUT2D eigenvalue weighted by atomic mass is 35.5. The van der Waals surface area contributed by atoms with Gasteiger partial charge < -0.3 is 9.73 Å². The van der Waals surface area contributed by atoms with Gasteiger partial charge in [0.2, 0.25) is 0 Å². The molecule has 0 fully saturated rings. The van der Waals surface area contributed by atoms with E-state index in [0.29, 0.717) is 16.2 Å². The van der Waals surface area contributed by atoms with Crippen molar-refractivity contribution in [3.8, 4) is 11.1 Å². The number of aryl methyl sites for hydroxylation is 3. The fourth-order valence-corrected chi connectivity index (χ4v) is 3.72. The highest BCUT2D eigenvalue weighted by Gasteiger charge is 2.14. The molecule has 0 aliphatic rings. The first-order valence-electron chi connectivity index (χ1n) is 9.09. The van der Waals surface area contributed by atoms with E-state index >= 15 is 0 Å². The SMILES string of the molecule is Cc1cc(C)cc(Nc2ccc3c(C)c(-c4ccc(Cl)cc4)c(=O)oc3c2)c1. The van der Waals surface area contributed by atoms with Gasteiger partial charge >= 0.3 is 5.63 Å². The van der Waals surface area contributed by atoms with Crippen molar-refractivity contribution in [2.45, 2.75) is 20.8 Å². The molecule has 0 saturated heterocycles. The van der Waals surface area contributed by atoms with Crippen molar-refractivity contribution in [2.24, 2.45) is 0 Å². The molecule has 0 spiro atoms. The lowest BCUT2D eigenvalue weighted by Gasteiger charge is -2.11. The molecule has 0 amide bonds. The molecule has 0 unspecified atom stereocenters. The van der Waals surface area contributed by atoms with Crippen molar-refractivity contribution >= 4 is 33.9 Å². The first kappa shape index (κ1) is 18.3. The molecule has 4 aromatic rings.